The summed E-state index contributed by atoms with van der Waals surface area (Å²) in [4.78, 5) is 41.0. The molecule has 8 nitrogen and oxygen atoms in total. The van der Waals surface area contributed by atoms with Gasteiger partial charge in [0, 0.05) is 49.2 Å². The van der Waals surface area contributed by atoms with Gasteiger partial charge in [-0.05, 0) is 37.5 Å². The van der Waals surface area contributed by atoms with Gasteiger partial charge in [-0.1, -0.05) is 18.2 Å². The van der Waals surface area contributed by atoms with Crippen molar-refractivity contribution in [2.45, 2.75) is 50.9 Å². The van der Waals surface area contributed by atoms with E-state index in [0.29, 0.717) is 29.1 Å². The highest BCUT2D eigenvalue weighted by molar-refractivity contribution is 5.88. The monoisotopic (exact) mass is 451 g/mol. The second kappa shape index (κ2) is 8.33. The number of hydrogen-bond acceptors (Lipinski definition) is 5. The maximum atomic E-state index is 13.5. The van der Waals surface area contributed by atoms with E-state index in [1.165, 1.54) is 6.92 Å². The SMILES string of the molecule is COc1ccccc1-c1ccc2n(c1=O)C[C@H]1[C@H](CO)[C@@H](C(=O)NC3CCC3)N(C(C)=O)[C@@H]21. The van der Waals surface area contributed by atoms with Gasteiger partial charge in [-0.3, -0.25) is 14.4 Å². The summed E-state index contributed by atoms with van der Waals surface area (Å²) >= 11 is 0. The standard InChI is InChI=1S/C25H29N3O5/c1-14(30)28-22-18(19(13-29)23(28)24(31)26-15-6-5-7-15)12-27-20(22)11-10-17(25(27)32)16-8-3-4-9-21(16)33-2/h3-4,8-11,15,18-19,22-23,29H,5-7,12-13H2,1-2H3,(H,26,31)/t18-,19-,22+,23-/m0/s1. The van der Waals surface area contributed by atoms with Crippen molar-refractivity contribution in [2.75, 3.05) is 13.7 Å². The average Bonchev–Trinajstić information content (AvgIpc) is 3.31. The molecular weight excluding hydrogens is 422 g/mol. The topological polar surface area (TPSA) is 101 Å². The van der Waals surface area contributed by atoms with E-state index in [1.807, 2.05) is 30.3 Å². The van der Waals surface area contributed by atoms with Gasteiger partial charge < -0.3 is 24.6 Å². The van der Waals surface area contributed by atoms with Crippen LogP contribution in [0.4, 0.5) is 0 Å². The van der Waals surface area contributed by atoms with Crippen LogP contribution in [0.1, 0.15) is 37.9 Å². The average molecular weight is 452 g/mol. The molecule has 1 saturated heterocycles. The van der Waals surface area contributed by atoms with Gasteiger partial charge in [0.05, 0.1) is 18.7 Å². The maximum absolute atomic E-state index is 13.5. The Morgan fingerprint density at radius 3 is 2.55 bits per heavy atom. The van der Waals surface area contributed by atoms with E-state index < -0.39 is 18.0 Å². The number of pyridine rings is 1. The Kier molecular flexibility index (Phi) is 5.48. The van der Waals surface area contributed by atoms with Crippen LogP contribution in [-0.2, 0) is 16.1 Å². The van der Waals surface area contributed by atoms with E-state index in [2.05, 4.69) is 5.32 Å². The number of para-hydroxylation sites is 1. The molecular formula is C25H29N3O5. The largest absolute Gasteiger partial charge is 0.496 e. The predicted octanol–water partition coefficient (Wildman–Crippen LogP) is 1.70. The molecule has 8 heteroatoms. The Morgan fingerprint density at radius 2 is 1.91 bits per heavy atom. The van der Waals surface area contributed by atoms with Crippen LogP contribution in [0.25, 0.3) is 11.1 Å². The Morgan fingerprint density at radius 1 is 1.15 bits per heavy atom. The number of benzene rings is 1. The highest BCUT2D eigenvalue weighted by atomic mass is 16.5. The molecule has 2 amide bonds. The number of nitrogens with zero attached hydrogens (tertiary/aromatic N) is 2. The first-order valence-electron chi connectivity index (χ1n) is 11.5. The highest BCUT2D eigenvalue weighted by Gasteiger charge is 2.56. The number of hydrogen-bond donors (Lipinski definition) is 2. The molecule has 1 aliphatic carbocycles. The van der Waals surface area contributed by atoms with Crippen LogP contribution in [-0.4, -0.2) is 52.2 Å². The summed E-state index contributed by atoms with van der Waals surface area (Å²) in [6.45, 7) is 1.57. The number of nitrogens with one attached hydrogen (secondary N) is 1. The minimum absolute atomic E-state index is 0.143. The molecule has 33 heavy (non-hydrogen) atoms. The Bertz CT molecular complexity index is 1150. The lowest BCUT2D eigenvalue weighted by Gasteiger charge is -2.33. The molecule has 2 aliphatic heterocycles. The Balaban J connectivity index is 1.55. The van der Waals surface area contributed by atoms with E-state index in [9.17, 15) is 19.5 Å². The van der Waals surface area contributed by atoms with Crippen LogP contribution in [0.2, 0.25) is 0 Å². The molecule has 0 radical (unpaired) electrons. The second-order valence-electron chi connectivity index (χ2n) is 9.25. The number of aliphatic hydroxyl groups is 1. The summed E-state index contributed by atoms with van der Waals surface area (Å²) in [5.74, 6) is -0.475. The predicted molar refractivity (Wildman–Crippen MR) is 122 cm³/mol. The van der Waals surface area contributed by atoms with Crippen LogP contribution in [0, 0.1) is 11.8 Å². The fourth-order valence-corrected chi connectivity index (χ4v) is 5.76. The summed E-state index contributed by atoms with van der Waals surface area (Å²) in [6, 6.07) is 9.98. The third kappa shape index (κ3) is 3.35. The number of likely N-dealkylation sites (tertiary alicyclic amines) is 1. The van der Waals surface area contributed by atoms with Crippen LogP contribution < -0.4 is 15.6 Å². The van der Waals surface area contributed by atoms with Gasteiger partial charge in [0.15, 0.2) is 0 Å². The number of aromatic nitrogens is 1. The molecule has 5 rings (SSSR count). The van der Waals surface area contributed by atoms with E-state index in [0.717, 1.165) is 19.3 Å². The molecule has 1 aromatic heterocycles. The normalized spacial score (nSPS) is 25.8. The lowest BCUT2D eigenvalue weighted by atomic mass is 9.87. The van der Waals surface area contributed by atoms with Crippen molar-refractivity contribution in [3.63, 3.8) is 0 Å². The number of methoxy groups -OCH3 is 1. The molecule has 2 fully saturated rings. The van der Waals surface area contributed by atoms with Gasteiger partial charge in [-0.2, -0.15) is 0 Å². The van der Waals surface area contributed by atoms with Crippen LogP contribution in [0.5, 0.6) is 5.75 Å². The number of fused-ring (bicyclic) bond motifs is 3. The first kappa shape index (κ1) is 21.7. The zero-order valence-corrected chi connectivity index (χ0v) is 18.9. The molecule has 1 saturated carbocycles. The highest BCUT2D eigenvalue weighted by Crippen LogP contribution is 2.49. The molecule has 0 spiro atoms. The summed E-state index contributed by atoms with van der Waals surface area (Å²) in [7, 11) is 1.57. The number of amides is 2. The number of rotatable bonds is 5. The molecule has 3 aliphatic rings. The molecule has 2 N–H and O–H groups in total. The minimum atomic E-state index is -0.735. The third-order valence-corrected chi connectivity index (χ3v) is 7.56. The molecule has 3 heterocycles. The van der Waals surface area contributed by atoms with E-state index in [4.69, 9.17) is 4.74 Å². The fraction of sp³-hybridized carbons (Fsp3) is 0.480. The Labute approximate surface area is 192 Å². The quantitative estimate of drug-likeness (QED) is 0.721. The Hall–Kier alpha value is -3.13. The third-order valence-electron chi connectivity index (χ3n) is 7.56. The molecule has 4 atom stereocenters. The summed E-state index contributed by atoms with van der Waals surface area (Å²) in [6.07, 6.45) is 2.98. The zero-order chi connectivity index (χ0) is 23.3. The summed E-state index contributed by atoms with van der Waals surface area (Å²) in [5.41, 5.74) is 1.76. The lowest BCUT2D eigenvalue weighted by Crippen LogP contribution is -2.53. The number of aliphatic hydroxyl groups excluding tert-OH is 1. The minimum Gasteiger partial charge on any atom is -0.496 e. The number of carbonyl (C=O) groups is 2. The fourth-order valence-electron chi connectivity index (χ4n) is 5.76. The molecule has 1 aromatic carbocycles. The smallest absolute Gasteiger partial charge is 0.258 e. The van der Waals surface area contributed by atoms with Crippen molar-refractivity contribution in [3.05, 3.63) is 52.4 Å². The van der Waals surface area contributed by atoms with Crippen LogP contribution in [0.3, 0.4) is 0 Å². The van der Waals surface area contributed by atoms with Gasteiger partial charge in [-0.25, -0.2) is 0 Å². The van der Waals surface area contributed by atoms with Crippen molar-refractivity contribution >= 4 is 11.8 Å². The van der Waals surface area contributed by atoms with E-state index in [-0.39, 0.29) is 35.9 Å². The molecule has 0 unspecified atom stereocenters. The summed E-state index contributed by atoms with van der Waals surface area (Å²) in [5, 5.41) is 13.3. The van der Waals surface area contributed by atoms with E-state index >= 15 is 0 Å². The lowest BCUT2D eigenvalue weighted by molar-refractivity contribution is -0.140. The maximum Gasteiger partial charge on any atom is 0.258 e. The van der Waals surface area contributed by atoms with Gasteiger partial charge in [0.2, 0.25) is 11.8 Å². The van der Waals surface area contributed by atoms with Gasteiger partial charge in [-0.15, -0.1) is 0 Å². The number of carbonyl (C=O) groups excluding carboxylic acids is 2. The van der Waals surface area contributed by atoms with Crippen molar-refractivity contribution in [3.8, 4) is 16.9 Å². The first-order valence-corrected chi connectivity index (χ1v) is 11.5. The van der Waals surface area contributed by atoms with Gasteiger partial charge in [0.1, 0.15) is 11.8 Å². The molecule has 2 aromatic rings. The van der Waals surface area contributed by atoms with Crippen molar-refractivity contribution < 1.29 is 19.4 Å². The summed E-state index contributed by atoms with van der Waals surface area (Å²) < 4.78 is 7.13. The first-order chi connectivity index (χ1) is 16.0. The molecule has 0 bridgehead atoms. The van der Waals surface area contributed by atoms with Crippen molar-refractivity contribution in [1.82, 2.24) is 14.8 Å². The van der Waals surface area contributed by atoms with Gasteiger partial charge in [0.25, 0.3) is 5.56 Å². The zero-order valence-electron chi connectivity index (χ0n) is 18.9. The van der Waals surface area contributed by atoms with Gasteiger partial charge >= 0.3 is 0 Å². The molecule has 174 valence electrons. The second-order valence-corrected chi connectivity index (χ2v) is 9.25. The number of ether oxygens (including phenoxy) is 1. The van der Waals surface area contributed by atoms with Crippen LogP contribution in [0.15, 0.2) is 41.2 Å². The van der Waals surface area contributed by atoms with E-state index in [1.54, 1.807) is 22.6 Å². The van der Waals surface area contributed by atoms with Crippen molar-refractivity contribution in [2.24, 2.45) is 11.8 Å². The van der Waals surface area contributed by atoms with Crippen LogP contribution >= 0.6 is 0 Å². The van der Waals surface area contributed by atoms with Crippen molar-refractivity contribution in [1.29, 1.82) is 0 Å².